The third-order valence-electron chi connectivity index (χ3n) is 5.63. The Morgan fingerprint density at radius 1 is 0.735 bits per heavy atom. The van der Waals surface area contributed by atoms with Gasteiger partial charge in [-0.05, 0) is 47.9 Å². The zero-order valence-electron chi connectivity index (χ0n) is 19.0. The number of benzene rings is 2. The lowest BCUT2D eigenvalue weighted by Crippen LogP contribution is -1.98. The van der Waals surface area contributed by atoms with E-state index in [-0.39, 0.29) is 0 Å². The Hall–Kier alpha value is -4.59. The topological polar surface area (TPSA) is 104 Å². The van der Waals surface area contributed by atoms with E-state index in [0.29, 0.717) is 23.0 Å². The Kier molecular flexibility index (Phi) is 5.47. The largest absolute Gasteiger partial charge is 0.497 e. The van der Waals surface area contributed by atoms with Gasteiger partial charge in [-0.3, -0.25) is 9.97 Å². The van der Waals surface area contributed by atoms with Gasteiger partial charge in [0.1, 0.15) is 11.6 Å². The first-order valence-electron chi connectivity index (χ1n) is 10.6. The Balaban J connectivity index is 1.59. The first-order valence-corrected chi connectivity index (χ1v) is 10.6. The lowest BCUT2D eigenvalue weighted by molar-refractivity contribution is 0.356. The molecule has 0 amide bonds. The van der Waals surface area contributed by atoms with Crippen LogP contribution in [0.15, 0.2) is 67.1 Å². The van der Waals surface area contributed by atoms with Crippen molar-refractivity contribution in [1.82, 2.24) is 15.0 Å². The second-order valence-electron chi connectivity index (χ2n) is 7.65. The minimum atomic E-state index is 0.394. The lowest BCUT2D eigenvalue weighted by atomic mass is 10.0. The van der Waals surface area contributed by atoms with Crippen molar-refractivity contribution in [2.45, 2.75) is 0 Å². The molecule has 0 spiro atoms. The molecule has 3 heterocycles. The van der Waals surface area contributed by atoms with Gasteiger partial charge in [0.05, 0.1) is 44.4 Å². The first kappa shape index (κ1) is 21.3. The van der Waals surface area contributed by atoms with Crippen LogP contribution in [0.3, 0.4) is 0 Å². The molecule has 170 valence electrons. The summed E-state index contributed by atoms with van der Waals surface area (Å²) in [4.78, 5) is 13.6. The van der Waals surface area contributed by atoms with Crippen molar-refractivity contribution in [2.75, 3.05) is 32.4 Å². The fourth-order valence-corrected chi connectivity index (χ4v) is 3.90. The third-order valence-corrected chi connectivity index (χ3v) is 5.63. The van der Waals surface area contributed by atoms with Gasteiger partial charge in [-0.25, -0.2) is 4.98 Å². The van der Waals surface area contributed by atoms with Gasteiger partial charge in [0, 0.05) is 40.5 Å². The van der Waals surface area contributed by atoms with E-state index in [2.05, 4.69) is 20.3 Å². The van der Waals surface area contributed by atoms with E-state index < -0.39 is 0 Å². The van der Waals surface area contributed by atoms with Crippen LogP contribution in [-0.2, 0) is 0 Å². The molecule has 0 bridgehead atoms. The Morgan fingerprint density at radius 3 is 2.24 bits per heavy atom. The summed E-state index contributed by atoms with van der Waals surface area (Å²) in [6, 6.07) is 15.4. The van der Waals surface area contributed by atoms with Gasteiger partial charge in [0.2, 0.25) is 0 Å². The van der Waals surface area contributed by atoms with Gasteiger partial charge in [-0.1, -0.05) is 0 Å². The number of ether oxygens (including phenoxy) is 3. The summed E-state index contributed by atoms with van der Waals surface area (Å²) in [6.07, 6.45) is 5.25. The Labute approximate surface area is 196 Å². The lowest BCUT2D eigenvalue weighted by Gasteiger charge is -2.13. The number of pyridine rings is 3. The highest BCUT2D eigenvalue weighted by Crippen LogP contribution is 2.37. The average Bonchev–Trinajstić information content (AvgIpc) is 2.88. The number of rotatable bonds is 6. The highest BCUT2D eigenvalue weighted by Gasteiger charge is 2.14. The van der Waals surface area contributed by atoms with E-state index in [1.165, 1.54) is 0 Å². The van der Waals surface area contributed by atoms with Gasteiger partial charge >= 0.3 is 0 Å². The monoisotopic (exact) mass is 453 g/mol. The maximum atomic E-state index is 6.35. The summed E-state index contributed by atoms with van der Waals surface area (Å²) in [6.45, 7) is 0. The van der Waals surface area contributed by atoms with Crippen LogP contribution in [0.2, 0.25) is 0 Å². The predicted octanol–water partition coefficient (Wildman–Crippen LogP) is 5.20. The van der Waals surface area contributed by atoms with Gasteiger partial charge in [-0.15, -0.1) is 0 Å². The normalized spacial score (nSPS) is 10.9. The van der Waals surface area contributed by atoms with Gasteiger partial charge in [0.25, 0.3) is 0 Å². The van der Waals surface area contributed by atoms with Crippen LogP contribution in [0.5, 0.6) is 17.2 Å². The van der Waals surface area contributed by atoms with Crippen LogP contribution >= 0.6 is 0 Å². The van der Waals surface area contributed by atoms with Crippen molar-refractivity contribution in [2.24, 2.45) is 0 Å². The standard InChI is InChI=1S/C26H23N5O3/c1-32-18-6-4-16(5-7-18)30-17-8-15(12-28-13-17)22-9-19-20-10-24(33-2)25(34-3)11-23(20)29-14-21(19)26(27)31-22/h4-14,30H,1-3H3,(H2,27,31). The number of methoxy groups -OCH3 is 3. The highest BCUT2D eigenvalue weighted by molar-refractivity contribution is 6.10. The van der Waals surface area contributed by atoms with Crippen LogP contribution in [0.1, 0.15) is 0 Å². The zero-order valence-corrected chi connectivity index (χ0v) is 19.0. The molecule has 0 atom stereocenters. The molecular formula is C26H23N5O3. The van der Waals surface area contributed by atoms with Crippen molar-refractivity contribution in [3.8, 4) is 28.5 Å². The number of aromatic nitrogens is 3. The summed E-state index contributed by atoms with van der Waals surface area (Å²) in [5.41, 5.74) is 10.4. The smallest absolute Gasteiger partial charge is 0.162 e. The molecule has 0 radical (unpaired) electrons. The van der Waals surface area contributed by atoms with E-state index in [1.54, 1.807) is 39.9 Å². The molecule has 0 unspecified atom stereocenters. The van der Waals surface area contributed by atoms with Gasteiger partial charge in [-0.2, -0.15) is 0 Å². The number of fused-ring (bicyclic) bond motifs is 3. The molecule has 3 aromatic heterocycles. The van der Waals surface area contributed by atoms with E-state index in [9.17, 15) is 0 Å². The van der Waals surface area contributed by atoms with Crippen LogP contribution in [0, 0.1) is 0 Å². The summed E-state index contributed by atoms with van der Waals surface area (Å²) < 4.78 is 16.1. The predicted molar refractivity (Wildman–Crippen MR) is 134 cm³/mol. The molecule has 8 nitrogen and oxygen atoms in total. The van der Waals surface area contributed by atoms with E-state index >= 15 is 0 Å². The number of hydrogen-bond donors (Lipinski definition) is 2. The second-order valence-corrected chi connectivity index (χ2v) is 7.65. The van der Waals surface area contributed by atoms with Crippen LogP contribution in [-0.4, -0.2) is 36.3 Å². The number of nitrogens with two attached hydrogens (primary N) is 1. The Morgan fingerprint density at radius 2 is 1.50 bits per heavy atom. The summed E-state index contributed by atoms with van der Waals surface area (Å²) in [5, 5.41) is 5.94. The molecule has 3 N–H and O–H groups in total. The minimum absolute atomic E-state index is 0.394. The number of anilines is 3. The number of hydrogen-bond acceptors (Lipinski definition) is 8. The van der Waals surface area contributed by atoms with Gasteiger partial charge < -0.3 is 25.3 Å². The van der Waals surface area contributed by atoms with E-state index in [1.807, 2.05) is 48.5 Å². The third kappa shape index (κ3) is 3.86. The fourth-order valence-electron chi connectivity index (χ4n) is 3.90. The van der Waals surface area contributed by atoms with Crippen molar-refractivity contribution < 1.29 is 14.2 Å². The Bertz CT molecular complexity index is 1500. The molecule has 0 aliphatic rings. The number of nitrogens with one attached hydrogen (secondary N) is 1. The SMILES string of the molecule is COc1ccc(Nc2cncc(-c3cc4c(cnc5cc(OC)c(OC)cc54)c(N)n3)c2)cc1. The second kappa shape index (κ2) is 8.74. The minimum Gasteiger partial charge on any atom is -0.497 e. The quantitative estimate of drug-likeness (QED) is 0.338. The van der Waals surface area contributed by atoms with Crippen molar-refractivity contribution in [3.63, 3.8) is 0 Å². The molecule has 0 saturated heterocycles. The molecule has 8 heteroatoms. The van der Waals surface area contributed by atoms with Crippen molar-refractivity contribution in [1.29, 1.82) is 0 Å². The molecule has 5 aromatic rings. The molecular weight excluding hydrogens is 430 g/mol. The maximum absolute atomic E-state index is 6.35. The van der Waals surface area contributed by atoms with Crippen molar-refractivity contribution >= 4 is 38.9 Å². The number of nitrogen functional groups attached to an aromatic ring is 1. The average molecular weight is 454 g/mol. The summed E-state index contributed by atoms with van der Waals surface area (Å²) in [5.74, 6) is 2.42. The highest BCUT2D eigenvalue weighted by atomic mass is 16.5. The molecule has 5 rings (SSSR count). The summed E-state index contributed by atoms with van der Waals surface area (Å²) in [7, 11) is 4.85. The molecule has 2 aromatic carbocycles. The molecule has 0 aliphatic carbocycles. The zero-order chi connectivity index (χ0) is 23.7. The van der Waals surface area contributed by atoms with Crippen LogP contribution in [0.25, 0.3) is 32.9 Å². The number of nitrogens with zero attached hydrogens (tertiary/aromatic N) is 3. The van der Waals surface area contributed by atoms with Gasteiger partial charge in [0.15, 0.2) is 11.5 Å². The first-order chi connectivity index (χ1) is 16.6. The summed E-state index contributed by atoms with van der Waals surface area (Å²) >= 11 is 0. The van der Waals surface area contributed by atoms with E-state index in [0.717, 1.165) is 44.4 Å². The van der Waals surface area contributed by atoms with E-state index in [4.69, 9.17) is 19.9 Å². The fraction of sp³-hybridized carbons (Fsp3) is 0.115. The molecule has 0 saturated carbocycles. The molecule has 0 fully saturated rings. The molecule has 0 aliphatic heterocycles. The van der Waals surface area contributed by atoms with Crippen LogP contribution < -0.4 is 25.3 Å². The molecule has 34 heavy (non-hydrogen) atoms. The maximum Gasteiger partial charge on any atom is 0.162 e. The van der Waals surface area contributed by atoms with Crippen LogP contribution in [0.4, 0.5) is 17.2 Å². The van der Waals surface area contributed by atoms with Crippen molar-refractivity contribution in [3.05, 3.63) is 67.1 Å².